The van der Waals surface area contributed by atoms with Crippen LogP contribution in [0.5, 0.6) is 0 Å². The smallest absolute Gasteiger partial charge is 0.213 e. The van der Waals surface area contributed by atoms with Crippen LogP contribution in [0.4, 0.5) is 5.69 Å². The van der Waals surface area contributed by atoms with Crippen molar-refractivity contribution < 1.29 is 10.7 Å². The van der Waals surface area contributed by atoms with Gasteiger partial charge in [0.15, 0.2) is 0 Å². The number of hydrogen-bond acceptors (Lipinski definition) is 1. The third-order valence-electron chi connectivity index (χ3n) is 3.35. The SMILES string of the molecule is [NH3+]CCNc1cc(-c2ccccc2)[nH+]c2ccccc12. The first-order valence-corrected chi connectivity index (χ1v) is 6.92. The Balaban J connectivity index is 2.14. The molecular weight excluding hydrogens is 246 g/mol. The molecule has 0 saturated heterocycles. The van der Waals surface area contributed by atoms with Crippen LogP contribution in [0.15, 0.2) is 60.7 Å². The number of rotatable bonds is 4. The van der Waals surface area contributed by atoms with Gasteiger partial charge in [0, 0.05) is 17.7 Å². The first kappa shape index (κ1) is 12.6. The zero-order valence-corrected chi connectivity index (χ0v) is 11.4. The molecule has 0 fully saturated rings. The van der Waals surface area contributed by atoms with Crippen molar-refractivity contribution in [2.75, 3.05) is 18.4 Å². The van der Waals surface area contributed by atoms with Crippen LogP contribution >= 0.6 is 0 Å². The van der Waals surface area contributed by atoms with E-state index in [1.54, 1.807) is 0 Å². The Hall–Kier alpha value is -2.39. The van der Waals surface area contributed by atoms with Gasteiger partial charge in [-0.1, -0.05) is 30.3 Å². The maximum atomic E-state index is 3.89. The van der Waals surface area contributed by atoms with E-state index in [9.17, 15) is 0 Å². The maximum Gasteiger partial charge on any atom is 0.213 e. The molecule has 0 spiro atoms. The van der Waals surface area contributed by atoms with Gasteiger partial charge in [0.25, 0.3) is 0 Å². The Morgan fingerprint density at radius 3 is 2.50 bits per heavy atom. The molecule has 0 aliphatic rings. The number of fused-ring (bicyclic) bond motifs is 1. The van der Waals surface area contributed by atoms with Crippen LogP contribution in [0.2, 0.25) is 0 Å². The highest BCUT2D eigenvalue weighted by Crippen LogP contribution is 2.25. The van der Waals surface area contributed by atoms with E-state index in [0.717, 1.165) is 30.0 Å². The van der Waals surface area contributed by atoms with Crippen molar-refractivity contribution in [1.29, 1.82) is 0 Å². The van der Waals surface area contributed by atoms with Crippen molar-refractivity contribution in [2.45, 2.75) is 0 Å². The van der Waals surface area contributed by atoms with Gasteiger partial charge >= 0.3 is 0 Å². The normalized spacial score (nSPS) is 10.7. The van der Waals surface area contributed by atoms with Crippen LogP contribution in [-0.4, -0.2) is 13.1 Å². The molecule has 5 N–H and O–H groups in total. The molecule has 0 radical (unpaired) electrons. The van der Waals surface area contributed by atoms with Crippen LogP contribution in [0.1, 0.15) is 0 Å². The Bertz CT molecular complexity index is 708. The number of nitrogens with one attached hydrogen (secondary N) is 2. The highest BCUT2D eigenvalue weighted by Gasteiger charge is 2.12. The number of pyridine rings is 1. The Morgan fingerprint density at radius 2 is 1.70 bits per heavy atom. The lowest BCUT2D eigenvalue weighted by atomic mass is 10.1. The molecule has 0 amide bonds. The van der Waals surface area contributed by atoms with Crippen molar-refractivity contribution >= 4 is 16.6 Å². The van der Waals surface area contributed by atoms with Crippen LogP contribution in [0.3, 0.4) is 0 Å². The quantitative estimate of drug-likeness (QED) is 0.744. The third kappa shape index (κ3) is 2.49. The molecule has 0 unspecified atom stereocenters. The molecule has 0 saturated carbocycles. The van der Waals surface area contributed by atoms with E-state index in [1.165, 1.54) is 10.9 Å². The largest absolute Gasteiger partial charge is 0.379 e. The lowest BCUT2D eigenvalue weighted by molar-refractivity contribution is -0.362. The van der Waals surface area contributed by atoms with E-state index >= 15 is 0 Å². The van der Waals surface area contributed by atoms with E-state index in [4.69, 9.17) is 0 Å². The Labute approximate surface area is 118 Å². The van der Waals surface area contributed by atoms with Gasteiger partial charge in [-0.05, 0) is 18.2 Å². The highest BCUT2D eigenvalue weighted by atomic mass is 14.9. The highest BCUT2D eigenvalue weighted by molar-refractivity contribution is 5.90. The van der Waals surface area contributed by atoms with Crippen molar-refractivity contribution in [1.82, 2.24) is 0 Å². The van der Waals surface area contributed by atoms with Crippen molar-refractivity contribution in [3.8, 4) is 11.3 Å². The van der Waals surface area contributed by atoms with Gasteiger partial charge in [0.05, 0.1) is 24.2 Å². The molecule has 3 aromatic rings. The number of aromatic amines is 1. The van der Waals surface area contributed by atoms with Crippen LogP contribution in [0, 0.1) is 0 Å². The minimum absolute atomic E-state index is 0.869. The van der Waals surface area contributed by atoms with Crippen molar-refractivity contribution in [2.24, 2.45) is 0 Å². The first-order valence-electron chi connectivity index (χ1n) is 6.92. The fourth-order valence-corrected chi connectivity index (χ4v) is 2.37. The minimum Gasteiger partial charge on any atom is -0.379 e. The molecule has 3 heteroatoms. The summed E-state index contributed by atoms with van der Waals surface area (Å²) in [4.78, 5) is 3.50. The number of benzene rings is 2. The average Bonchev–Trinajstić information content (AvgIpc) is 2.53. The third-order valence-corrected chi connectivity index (χ3v) is 3.35. The molecule has 100 valence electrons. The standard InChI is InChI=1S/C17H17N3/c18-10-11-19-17-12-16(13-6-2-1-3-7-13)20-15-9-5-4-8-14(15)17/h1-9,12H,10-11,18H2,(H,19,20)/p+2. The molecule has 2 aromatic carbocycles. The summed E-state index contributed by atoms with van der Waals surface area (Å²) in [5.74, 6) is 0. The average molecular weight is 265 g/mol. The van der Waals surface area contributed by atoms with E-state index in [1.807, 2.05) is 6.07 Å². The molecular formula is C17H19N3+2. The second-order valence-corrected chi connectivity index (χ2v) is 4.79. The fraction of sp³-hybridized carbons (Fsp3) is 0.118. The zero-order valence-electron chi connectivity index (χ0n) is 11.4. The lowest BCUT2D eigenvalue weighted by Crippen LogP contribution is -2.53. The van der Waals surface area contributed by atoms with Crippen LogP contribution in [0.25, 0.3) is 22.2 Å². The lowest BCUT2D eigenvalue weighted by Gasteiger charge is -2.07. The van der Waals surface area contributed by atoms with Crippen molar-refractivity contribution in [3.63, 3.8) is 0 Å². The maximum absolute atomic E-state index is 3.89. The Kier molecular flexibility index (Phi) is 3.61. The number of H-pyrrole nitrogens is 1. The van der Waals surface area contributed by atoms with E-state index in [-0.39, 0.29) is 0 Å². The summed E-state index contributed by atoms with van der Waals surface area (Å²) in [6.07, 6.45) is 0. The minimum atomic E-state index is 0.869. The van der Waals surface area contributed by atoms with Gasteiger partial charge in [-0.25, -0.2) is 4.98 Å². The number of aromatic nitrogens is 1. The molecule has 0 atom stereocenters. The number of quaternary nitrogens is 1. The van der Waals surface area contributed by atoms with Crippen LogP contribution in [-0.2, 0) is 0 Å². The summed E-state index contributed by atoms with van der Waals surface area (Å²) in [5, 5.41) is 4.67. The first-order chi connectivity index (χ1) is 9.88. The molecule has 1 heterocycles. The summed E-state index contributed by atoms with van der Waals surface area (Å²) in [5.41, 5.74) is 8.50. The van der Waals surface area contributed by atoms with Gasteiger partial charge in [-0.2, -0.15) is 0 Å². The second kappa shape index (κ2) is 5.72. The van der Waals surface area contributed by atoms with Gasteiger partial charge in [0.2, 0.25) is 11.2 Å². The zero-order chi connectivity index (χ0) is 13.8. The summed E-state index contributed by atoms with van der Waals surface area (Å²) in [7, 11) is 0. The van der Waals surface area contributed by atoms with E-state index in [0.29, 0.717) is 0 Å². The van der Waals surface area contributed by atoms with Crippen molar-refractivity contribution in [3.05, 3.63) is 60.7 Å². The van der Waals surface area contributed by atoms with E-state index in [2.05, 4.69) is 70.6 Å². The molecule has 20 heavy (non-hydrogen) atoms. The number of para-hydroxylation sites is 1. The van der Waals surface area contributed by atoms with Gasteiger partial charge in [0.1, 0.15) is 0 Å². The summed E-state index contributed by atoms with van der Waals surface area (Å²) in [6, 6.07) is 20.9. The predicted molar refractivity (Wildman–Crippen MR) is 82.2 cm³/mol. The summed E-state index contributed by atoms with van der Waals surface area (Å²) >= 11 is 0. The Morgan fingerprint density at radius 1 is 0.950 bits per heavy atom. The number of hydrogen-bond donors (Lipinski definition) is 2. The molecule has 0 bridgehead atoms. The molecule has 3 rings (SSSR count). The van der Waals surface area contributed by atoms with Gasteiger partial charge in [-0.3, -0.25) is 0 Å². The van der Waals surface area contributed by atoms with Gasteiger partial charge < -0.3 is 11.1 Å². The topological polar surface area (TPSA) is 53.8 Å². The second-order valence-electron chi connectivity index (χ2n) is 4.79. The predicted octanol–water partition coefficient (Wildman–Crippen LogP) is 1.97. The molecule has 0 aliphatic heterocycles. The van der Waals surface area contributed by atoms with Crippen LogP contribution < -0.4 is 16.0 Å². The summed E-state index contributed by atoms with van der Waals surface area (Å²) < 4.78 is 0. The van der Waals surface area contributed by atoms with E-state index < -0.39 is 0 Å². The molecule has 1 aromatic heterocycles. The molecule has 0 aliphatic carbocycles. The van der Waals surface area contributed by atoms with Gasteiger partial charge in [-0.15, -0.1) is 0 Å². The monoisotopic (exact) mass is 265 g/mol. The summed E-state index contributed by atoms with van der Waals surface area (Å²) in [6.45, 7) is 1.75. The fourth-order valence-electron chi connectivity index (χ4n) is 2.37. The number of anilines is 1. The molecule has 3 nitrogen and oxygen atoms in total.